The highest BCUT2D eigenvalue weighted by molar-refractivity contribution is 9.10. The summed E-state index contributed by atoms with van der Waals surface area (Å²) in [5.41, 5.74) is 10.8. The van der Waals surface area contributed by atoms with Gasteiger partial charge in [0, 0.05) is 31.0 Å². The van der Waals surface area contributed by atoms with Crippen LogP contribution >= 0.6 is 15.9 Å². The first kappa shape index (κ1) is 12.9. The Hall–Kier alpha value is -1.56. The van der Waals surface area contributed by atoms with Gasteiger partial charge in [0.2, 0.25) is 0 Å². The molecule has 0 aromatic carbocycles. The second kappa shape index (κ2) is 4.97. The molecule has 3 N–H and O–H groups in total. The van der Waals surface area contributed by atoms with Crippen LogP contribution in [-0.4, -0.2) is 14.8 Å². The van der Waals surface area contributed by atoms with E-state index in [2.05, 4.69) is 38.3 Å². The fraction of sp³-hybridized carbons (Fsp3) is 0.333. The number of nitrogens with one attached hydrogen (secondary N) is 1. The summed E-state index contributed by atoms with van der Waals surface area (Å²) in [6.45, 7) is 4.76. The molecule has 0 atom stereocenters. The predicted octanol–water partition coefficient (Wildman–Crippen LogP) is 2.39. The molecule has 0 aliphatic rings. The van der Waals surface area contributed by atoms with Crippen LogP contribution in [-0.2, 0) is 13.6 Å². The molecular formula is C12H16BrN5. The molecular weight excluding hydrogens is 294 g/mol. The van der Waals surface area contributed by atoms with Crippen molar-refractivity contribution in [1.29, 1.82) is 0 Å². The van der Waals surface area contributed by atoms with E-state index in [1.54, 1.807) is 12.4 Å². The first-order chi connectivity index (χ1) is 8.50. The molecule has 2 heterocycles. The minimum atomic E-state index is 0.628. The van der Waals surface area contributed by atoms with E-state index >= 15 is 0 Å². The van der Waals surface area contributed by atoms with Crippen LogP contribution in [0.15, 0.2) is 16.9 Å². The van der Waals surface area contributed by atoms with Gasteiger partial charge in [0.1, 0.15) is 0 Å². The largest absolute Gasteiger partial charge is 0.396 e. The highest BCUT2D eigenvalue weighted by Crippen LogP contribution is 2.28. The average Bonchev–Trinajstić information content (AvgIpc) is 2.54. The number of anilines is 2. The summed E-state index contributed by atoms with van der Waals surface area (Å²) in [4.78, 5) is 4.01. The zero-order chi connectivity index (χ0) is 13.3. The van der Waals surface area contributed by atoms with Crippen molar-refractivity contribution in [3.05, 3.63) is 33.8 Å². The van der Waals surface area contributed by atoms with Crippen molar-refractivity contribution in [3.8, 4) is 0 Å². The van der Waals surface area contributed by atoms with Gasteiger partial charge in [-0.2, -0.15) is 5.10 Å². The summed E-state index contributed by atoms with van der Waals surface area (Å²) in [7, 11) is 1.95. The van der Waals surface area contributed by atoms with Crippen molar-refractivity contribution in [3.63, 3.8) is 0 Å². The molecule has 96 valence electrons. The molecule has 0 bridgehead atoms. The minimum Gasteiger partial charge on any atom is -0.396 e. The predicted molar refractivity (Wildman–Crippen MR) is 76.4 cm³/mol. The van der Waals surface area contributed by atoms with E-state index in [1.807, 2.05) is 18.7 Å². The molecule has 0 aliphatic carbocycles. The van der Waals surface area contributed by atoms with Crippen LogP contribution in [0.5, 0.6) is 0 Å². The van der Waals surface area contributed by atoms with Gasteiger partial charge in [-0.05, 0) is 29.8 Å². The lowest BCUT2D eigenvalue weighted by Crippen LogP contribution is -2.05. The van der Waals surface area contributed by atoms with Gasteiger partial charge in [0.15, 0.2) is 0 Å². The molecule has 2 aromatic rings. The van der Waals surface area contributed by atoms with E-state index in [1.165, 1.54) is 5.56 Å². The van der Waals surface area contributed by atoms with Crippen LogP contribution < -0.4 is 11.1 Å². The number of pyridine rings is 1. The average molecular weight is 310 g/mol. The van der Waals surface area contributed by atoms with E-state index in [0.29, 0.717) is 12.2 Å². The highest BCUT2D eigenvalue weighted by Gasteiger charge is 2.10. The third-order valence-electron chi connectivity index (χ3n) is 3.03. The zero-order valence-corrected chi connectivity index (χ0v) is 12.2. The molecule has 2 rings (SSSR count). The van der Waals surface area contributed by atoms with E-state index in [4.69, 9.17) is 5.73 Å². The minimum absolute atomic E-state index is 0.628. The summed E-state index contributed by atoms with van der Waals surface area (Å²) < 4.78 is 2.75. The van der Waals surface area contributed by atoms with Crippen LogP contribution in [0.3, 0.4) is 0 Å². The van der Waals surface area contributed by atoms with Gasteiger partial charge < -0.3 is 11.1 Å². The second-order valence-electron chi connectivity index (χ2n) is 4.21. The van der Waals surface area contributed by atoms with Crippen LogP contribution in [0.4, 0.5) is 11.4 Å². The number of rotatable bonds is 3. The first-order valence-corrected chi connectivity index (χ1v) is 6.42. The maximum atomic E-state index is 5.89. The van der Waals surface area contributed by atoms with Crippen molar-refractivity contribution in [2.75, 3.05) is 11.1 Å². The fourth-order valence-electron chi connectivity index (χ4n) is 1.89. The maximum Gasteiger partial charge on any atom is 0.0752 e. The molecule has 0 saturated carbocycles. The van der Waals surface area contributed by atoms with E-state index < -0.39 is 0 Å². The molecule has 0 spiro atoms. The number of aromatic nitrogens is 3. The number of hydrogen-bond donors (Lipinski definition) is 2. The summed E-state index contributed by atoms with van der Waals surface area (Å²) >= 11 is 3.44. The van der Waals surface area contributed by atoms with Gasteiger partial charge in [-0.1, -0.05) is 0 Å². The molecule has 2 aromatic heterocycles. The first-order valence-electron chi connectivity index (χ1n) is 5.62. The Bertz CT molecular complexity index is 556. The van der Waals surface area contributed by atoms with Crippen LogP contribution in [0.25, 0.3) is 0 Å². The number of nitrogens with zero attached hydrogens (tertiary/aromatic N) is 3. The normalized spacial score (nSPS) is 10.7. The number of hydrogen-bond acceptors (Lipinski definition) is 4. The lowest BCUT2D eigenvalue weighted by atomic mass is 10.2. The van der Waals surface area contributed by atoms with Gasteiger partial charge in [0.05, 0.1) is 27.7 Å². The van der Waals surface area contributed by atoms with Crippen molar-refractivity contribution >= 4 is 27.3 Å². The van der Waals surface area contributed by atoms with Crippen molar-refractivity contribution in [2.45, 2.75) is 20.4 Å². The van der Waals surface area contributed by atoms with Crippen molar-refractivity contribution in [1.82, 2.24) is 14.8 Å². The maximum absolute atomic E-state index is 5.89. The monoisotopic (exact) mass is 309 g/mol. The van der Waals surface area contributed by atoms with Gasteiger partial charge in [0.25, 0.3) is 0 Å². The SMILES string of the molecule is Cc1nn(C)c(C)c1CNc1c(N)cncc1Br. The summed E-state index contributed by atoms with van der Waals surface area (Å²) in [6, 6.07) is 0. The van der Waals surface area contributed by atoms with E-state index in [9.17, 15) is 0 Å². The van der Waals surface area contributed by atoms with Crippen LogP contribution in [0, 0.1) is 13.8 Å². The summed E-state index contributed by atoms with van der Waals surface area (Å²) in [6.07, 6.45) is 3.36. The standard InChI is InChI=1S/C12H16BrN5/c1-7-9(8(2)18(3)17-7)4-16-12-10(13)5-15-6-11(12)14/h5-6H,4,14H2,1-3H3,(H,15,16). The Labute approximate surface area is 115 Å². The Morgan fingerprint density at radius 2 is 2.11 bits per heavy atom. The Morgan fingerprint density at radius 1 is 1.39 bits per heavy atom. The molecule has 5 nitrogen and oxygen atoms in total. The number of halogens is 1. The molecule has 0 saturated heterocycles. The quantitative estimate of drug-likeness (QED) is 0.913. The molecule has 0 amide bonds. The van der Waals surface area contributed by atoms with Crippen molar-refractivity contribution in [2.24, 2.45) is 7.05 Å². The Morgan fingerprint density at radius 3 is 2.67 bits per heavy atom. The van der Waals surface area contributed by atoms with Crippen molar-refractivity contribution < 1.29 is 0 Å². The zero-order valence-electron chi connectivity index (χ0n) is 10.7. The highest BCUT2D eigenvalue weighted by atomic mass is 79.9. The number of aryl methyl sites for hydroxylation is 2. The molecule has 0 aliphatic heterocycles. The van der Waals surface area contributed by atoms with Crippen LogP contribution in [0.2, 0.25) is 0 Å². The Kier molecular flexibility index (Phi) is 3.56. The Balaban J connectivity index is 2.22. The lowest BCUT2D eigenvalue weighted by Gasteiger charge is -2.11. The number of nitrogens with two attached hydrogens (primary N) is 1. The van der Waals surface area contributed by atoms with E-state index in [0.717, 1.165) is 21.5 Å². The summed E-state index contributed by atoms with van der Waals surface area (Å²) in [5.74, 6) is 0. The topological polar surface area (TPSA) is 68.8 Å². The van der Waals surface area contributed by atoms with E-state index in [-0.39, 0.29) is 0 Å². The third kappa shape index (κ3) is 2.33. The molecule has 0 fully saturated rings. The third-order valence-corrected chi connectivity index (χ3v) is 3.63. The second-order valence-corrected chi connectivity index (χ2v) is 5.07. The van der Waals surface area contributed by atoms with Gasteiger partial charge in [-0.3, -0.25) is 9.67 Å². The molecule has 0 unspecified atom stereocenters. The van der Waals surface area contributed by atoms with Gasteiger partial charge in [-0.15, -0.1) is 0 Å². The van der Waals surface area contributed by atoms with Gasteiger partial charge in [-0.25, -0.2) is 0 Å². The van der Waals surface area contributed by atoms with Gasteiger partial charge >= 0.3 is 0 Å². The van der Waals surface area contributed by atoms with Crippen LogP contribution in [0.1, 0.15) is 17.0 Å². The number of nitrogen functional groups attached to an aromatic ring is 1. The smallest absolute Gasteiger partial charge is 0.0752 e. The lowest BCUT2D eigenvalue weighted by molar-refractivity contribution is 0.730. The molecule has 0 radical (unpaired) electrons. The summed E-state index contributed by atoms with van der Waals surface area (Å²) in [5, 5.41) is 7.72. The fourth-order valence-corrected chi connectivity index (χ4v) is 2.37. The molecule has 6 heteroatoms. The molecule has 18 heavy (non-hydrogen) atoms.